The number of piperidine rings is 1. The third kappa shape index (κ3) is 4.06. The van der Waals surface area contributed by atoms with Crippen LogP contribution < -0.4 is 15.0 Å². The van der Waals surface area contributed by atoms with Gasteiger partial charge >= 0.3 is 0 Å². The Morgan fingerprint density at radius 2 is 2.19 bits per heavy atom. The Bertz CT molecular complexity index is 1360. The highest BCUT2D eigenvalue weighted by atomic mass is 16.5. The molecular weight excluding hydrogens is 452 g/mol. The molecule has 36 heavy (non-hydrogen) atoms. The quantitative estimate of drug-likeness (QED) is 0.430. The molecule has 2 fully saturated rings. The molecule has 8 nitrogen and oxygen atoms in total. The lowest BCUT2D eigenvalue weighted by Crippen LogP contribution is -2.26. The van der Waals surface area contributed by atoms with Crippen LogP contribution in [0.5, 0.6) is 5.75 Å². The number of aryl methyl sites for hydroxylation is 1. The molecule has 182 valence electrons. The highest BCUT2D eigenvalue weighted by Crippen LogP contribution is 2.57. The van der Waals surface area contributed by atoms with Gasteiger partial charge in [0.15, 0.2) is 0 Å². The average molecular weight is 481 g/mol. The molecule has 2 aromatic heterocycles. The van der Waals surface area contributed by atoms with Crippen LogP contribution >= 0.6 is 0 Å². The number of anilines is 3. The van der Waals surface area contributed by atoms with Crippen molar-refractivity contribution in [1.82, 2.24) is 9.97 Å². The fourth-order valence-corrected chi connectivity index (χ4v) is 5.65. The minimum absolute atomic E-state index is 0.0624. The Morgan fingerprint density at radius 3 is 3.00 bits per heavy atom. The summed E-state index contributed by atoms with van der Waals surface area (Å²) in [4.78, 5) is 11.3. The van der Waals surface area contributed by atoms with Crippen LogP contribution in [0.3, 0.4) is 0 Å². The van der Waals surface area contributed by atoms with Crippen molar-refractivity contribution >= 4 is 23.4 Å². The van der Waals surface area contributed by atoms with Crippen molar-refractivity contribution in [2.75, 3.05) is 29.9 Å². The molecule has 3 aromatic rings. The third-order valence-corrected chi connectivity index (χ3v) is 7.78. The number of nitrogens with zero attached hydrogens (tertiary/aromatic N) is 4. The topological polar surface area (TPSA) is 118 Å². The van der Waals surface area contributed by atoms with Crippen LogP contribution in [-0.4, -0.2) is 41.0 Å². The summed E-state index contributed by atoms with van der Waals surface area (Å²) in [5, 5.41) is 30.3. The normalized spacial score (nSPS) is 23.8. The molecule has 2 aliphatic carbocycles. The minimum atomic E-state index is -0.173. The Balaban J connectivity index is 1.22. The molecule has 3 aliphatic rings. The first-order valence-electron chi connectivity index (χ1n) is 12.4. The molecule has 6 rings (SSSR count). The standard InChI is InChI=1S/C28H28N6O2/c29-12-18-8-19-2-1-3-25(27(19)32-14-18)36-23-5-4-20(13-30)24(10-23)33-22-6-7-31-26(9-22)34-15-21-11-28(21,16-34)17-35/h4-10,13-14,21,25,30,35H,1-3,11,15-17H2,(H,31,33). The van der Waals surface area contributed by atoms with E-state index >= 15 is 0 Å². The van der Waals surface area contributed by atoms with Gasteiger partial charge in [-0.1, -0.05) is 0 Å². The van der Waals surface area contributed by atoms with E-state index in [1.807, 2.05) is 36.4 Å². The maximum absolute atomic E-state index is 9.75. The Morgan fingerprint density at radius 1 is 1.28 bits per heavy atom. The van der Waals surface area contributed by atoms with Crippen molar-refractivity contribution in [2.45, 2.75) is 31.8 Å². The van der Waals surface area contributed by atoms with Crippen LogP contribution in [0.1, 0.15) is 47.8 Å². The van der Waals surface area contributed by atoms with Gasteiger partial charge in [-0.15, -0.1) is 0 Å². The first kappa shape index (κ1) is 22.5. The molecule has 0 bridgehead atoms. The molecule has 3 unspecified atom stereocenters. The van der Waals surface area contributed by atoms with Crippen LogP contribution in [0.4, 0.5) is 17.2 Å². The SMILES string of the molecule is N#Cc1cnc2c(c1)CCCC2Oc1ccc(C=N)c(Nc2ccnc(N3CC4CC4(CO)C3)c2)c1. The highest BCUT2D eigenvalue weighted by Gasteiger charge is 2.59. The number of aromatic nitrogens is 2. The van der Waals surface area contributed by atoms with Crippen LogP contribution in [0.25, 0.3) is 0 Å². The van der Waals surface area contributed by atoms with Crippen molar-refractivity contribution in [2.24, 2.45) is 11.3 Å². The minimum Gasteiger partial charge on any atom is -0.484 e. The number of hydrogen-bond donors (Lipinski definition) is 3. The smallest absolute Gasteiger partial charge is 0.141 e. The number of aliphatic hydroxyl groups excluding tert-OH is 1. The van der Waals surface area contributed by atoms with Gasteiger partial charge in [-0.25, -0.2) is 4.98 Å². The van der Waals surface area contributed by atoms with E-state index < -0.39 is 0 Å². The molecule has 0 spiro atoms. The van der Waals surface area contributed by atoms with Crippen LogP contribution in [0.2, 0.25) is 0 Å². The van der Waals surface area contributed by atoms with E-state index in [0.717, 1.165) is 72.8 Å². The van der Waals surface area contributed by atoms with Gasteiger partial charge in [0.25, 0.3) is 0 Å². The maximum Gasteiger partial charge on any atom is 0.141 e. The van der Waals surface area contributed by atoms with Gasteiger partial charge < -0.3 is 25.5 Å². The number of fused-ring (bicyclic) bond motifs is 2. The largest absolute Gasteiger partial charge is 0.484 e. The predicted octanol–water partition coefficient (Wildman–Crippen LogP) is 4.36. The van der Waals surface area contributed by atoms with Crippen LogP contribution in [0, 0.1) is 28.1 Å². The molecule has 3 heterocycles. The van der Waals surface area contributed by atoms with Gasteiger partial charge in [-0.05, 0) is 61.4 Å². The third-order valence-electron chi connectivity index (χ3n) is 7.78. The van der Waals surface area contributed by atoms with Crippen LogP contribution in [0.15, 0.2) is 48.8 Å². The maximum atomic E-state index is 9.75. The summed E-state index contributed by atoms with van der Waals surface area (Å²) in [6.07, 6.45) is 8.40. The van der Waals surface area contributed by atoms with Gasteiger partial charge in [0.1, 0.15) is 23.7 Å². The lowest BCUT2D eigenvalue weighted by molar-refractivity contribution is 0.178. The molecule has 0 amide bonds. The van der Waals surface area contributed by atoms with E-state index in [0.29, 0.717) is 17.2 Å². The summed E-state index contributed by atoms with van der Waals surface area (Å²) < 4.78 is 6.37. The average Bonchev–Trinajstić information content (AvgIpc) is 3.48. The Kier molecular flexibility index (Phi) is 5.57. The molecule has 0 radical (unpaired) electrons. The molecule has 8 heteroatoms. The van der Waals surface area contributed by atoms with E-state index in [-0.39, 0.29) is 18.1 Å². The fourth-order valence-electron chi connectivity index (χ4n) is 5.65. The number of pyridine rings is 2. The van der Waals surface area contributed by atoms with Gasteiger partial charge in [-0.2, -0.15) is 5.26 Å². The zero-order chi connectivity index (χ0) is 24.7. The molecule has 3 atom stereocenters. The van der Waals surface area contributed by atoms with Gasteiger partial charge in [0.05, 0.1) is 23.6 Å². The fraction of sp³-hybridized carbons (Fsp3) is 0.357. The summed E-state index contributed by atoms with van der Waals surface area (Å²) in [6.45, 7) is 2.01. The highest BCUT2D eigenvalue weighted by molar-refractivity contribution is 5.88. The first-order valence-corrected chi connectivity index (χ1v) is 12.4. The van der Waals surface area contributed by atoms with Gasteiger partial charge in [0, 0.05) is 60.5 Å². The van der Waals surface area contributed by atoms with E-state index in [4.69, 9.17) is 10.1 Å². The van der Waals surface area contributed by atoms with Gasteiger partial charge in [0.2, 0.25) is 0 Å². The number of nitrogens with one attached hydrogen (secondary N) is 2. The predicted molar refractivity (Wildman–Crippen MR) is 137 cm³/mol. The first-order chi connectivity index (χ1) is 17.6. The van der Waals surface area contributed by atoms with Crippen LogP contribution in [-0.2, 0) is 6.42 Å². The van der Waals surface area contributed by atoms with Crippen molar-refractivity contribution in [3.63, 3.8) is 0 Å². The lowest BCUT2D eigenvalue weighted by atomic mass is 9.93. The second-order valence-electron chi connectivity index (χ2n) is 10.1. The number of ether oxygens (including phenoxy) is 1. The van der Waals surface area contributed by atoms with Gasteiger partial charge in [-0.3, -0.25) is 4.98 Å². The lowest BCUT2D eigenvalue weighted by Gasteiger charge is -2.26. The van der Waals surface area contributed by atoms with Crippen molar-refractivity contribution in [3.05, 3.63) is 71.2 Å². The summed E-state index contributed by atoms with van der Waals surface area (Å²) >= 11 is 0. The second-order valence-corrected chi connectivity index (χ2v) is 10.1. The van der Waals surface area contributed by atoms with E-state index in [1.54, 1.807) is 12.4 Å². The second kappa shape index (κ2) is 8.92. The summed E-state index contributed by atoms with van der Waals surface area (Å²) in [5.74, 6) is 2.15. The number of benzene rings is 1. The van der Waals surface area contributed by atoms with Crippen molar-refractivity contribution < 1.29 is 9.84 Å². The summed E-state index contributed by atoms with van der Waals surface area (Å²) in [7, 11) is 0. The molecule has 1 saturated heterocycles. The van der Waals surface area contributed by atoms with E-state index in [9.17, 15) is 10.4 Å². The van der Waals surface area contributed by atoms with Crippen molar-refractivity contribution in [1.29, 1.82) is 10.7 Å². The monoisotopic (exact) mass is 480 g/mol. The summed E-state index contributed by atoms with van der Waals surface area (Å²) in [6, 6.07) is 13.7. The Hall–Kier alpha value is -3.96. The summed E-state index contributed by atoms with van der Waals surface area (Å²) in [5.41, 5.74) is 5.02. The molecular formula is C28H28N6O2. The zero-order valence-electron chi connectivity index (χ0n) is 19.9. The van der Waals surface area contributed by atoms with E-state index in [2.05, 4.69) is 26.3 Å². The van der Waals surface area contributed by atoms with E-state index in [1.165, 1.54) is 6.21 Å². The van der Waals surface area contributed by atoms with Crippen molar-refractivity contribution in [3.8, 4) is 11.8 Å². The number of hydrogen-bond acceptors (Lipinski definition) is 8. The molecule has 1 aliphatic heterocycles. The zero-order valence-corrected chi connectivity index (χ0v) is 19.9. The number of aliphatic hydroxyl groups is 1. The molecule has 1 aromatic carbocycles. The molecule has 3 N–H and O–H groups in total. The number of nitriles is 1. The molecule has 1 saturated carbocycles. The Labute approximate surface area is 210 Å². The number of rotatable bonds is 7.